The quantitative estimate of drug-likeness (QED) is 0.188. The van der Waals surface area contributed by atoms with Crippen LogP contribution < -0.4 is 0 Å². The summed E-state index contributed by atoms with van der Waals surface area (Å²) in [7, 11) is 0. The first kappa shape index (κ1) is 23.0. The van der Waals surface area contributed by atoms with Gasteiger partial charge in [0.15, 0.2) is 5.78 Å². The molecule has 2 fully saturated rings. The number of hydrazine groups is 1. The Labute approximate surface area is 203 Å². The van der Waals surface area contributed by atoms with Crippen LogP contribution >= 0.6 is 0 Å². The van der Waals surface area contributed by atoms with Crippen LogP contribution in [0.15, 0.2) is 60.7 Å². The Morgan fingerprint density at radius 2 is 1.44 bits per heavy atom. The van der Waals surface area contributed by atoms with Gasteiger partial charge >= 0.3 is 0 Å². The van der Waals surface area contributed by atoms with Crippen LogP contribution in [0, 0.1) is 43.9 Å². The highest BCUT2D eigenvalue weighted by Gasteiger charge is 2.61. The van der Waals surface area contributed by atoms with Crippen molar-refractivity contribution in [1.82, 2.24) is 10.0 Å². The second-order valence-corrected chi connectivity index (χ2v) is 8.89. The average Bonchev–Trinajstić information content (AvgIpc) is 3.56. The molecule has 2 bridgehead atoms. The van der Waals surface area contributed by atoms with E-state index >= 15 is 0 Å². The number of carbonyl (C=O) groups excluding carboxylic acids is 4. The molecular weight excluding hydrogens is 472 g/mol. The van der Waals surface area contributed by atoms with Gasteiger partial charge in [-0.1, -0.05) is 24.3 Å². The number of nitro benzene ring substituents is 2. The number of imide groups is 1. The molecule has 4 atom stereocenters. The van der Waals surface area contributed by atoms with Crippen molar-refractivity contribution in [1.29, 1.82) is 0 Å². The molecule has 2 aromatic carbocycles. The highest BCUT2D eigenvalue weighted by atomic mass is 16.6. The van der Waals surface area contributed by atoms with Crippen molar-refractivity contribution in [3.63, 3.8) is 0 Å². The molecule has 1 aliphatic heterocycles. The largest absolute Gasteiger partial charge is 0.292 e. The first-order valence-electron chi connectivity index (χ1n) is 11.1. The van der Waals surface area contributed by atoms with Gasteiger partial charge in [-0.15, -0.1) is 0 Å². The molecule has 2 aromatic rings. The number of fused-ring (bicyclic) bond motifs is 5. The topological polar surface area (TPSA) is 161 Å². The lowest BCUT2D eigenvalue weighted by Gasteiger charge is -2.30. The second-order valence-electron chi connectivity index (χ2n) is 8.89. The van der Waals surface area contributed by atoms with Gasteiger partial charge in [-0.3, -0.25) is 39.4 Å². The first-order chi connectivity index (χ1) is 17.2. The van der Waals surface area contributed by atoms with Crippen molar-refractivity contribution in [2.24, 2.45) is 23.7 Å². The lowest BCUT2D eigenvalue weighted by Crippen LogP contribution is -2.52. The SMILES string of the molecule is O=C(CN(C(=O)c1ccc([N+](=O)[O-])cc1)N1C(=O)[C@@H]2[C@@H](C1=O)[C@H]1C=C[C@H]2C1)c1cccc([N+](=O)[O-])c1. The van der Waals surface area contributed by atoms with E-state index in [2.05, 4.69) is 0 Å². The number of carbonyl (C=O) groups is 4. The zero-order valence-electron chi connectivity index (χ0n) is 18.6. The molecule has 0 N–H and O–H groups in total. The highest BCUT2D eigenvalue weighted by molar-refractivity contribution is 6.10. The Bertz CT molecular complexity index is 1340. The van der Waals surface area contributed by atoms with E-state index in [4.69, 9.17) is 0 Å². The van der Waals surface area contributed by atoms with Crippen molar-refractivity contribution in [2.45, 2.75) is 6.42 Å². The van der Waals surface area contributed by atoms with Gasteiger partial charge in [0, 0.05) is 35.4 Å². The fourth-order valence-corrected chi connectivity index (χ4v) is 5.25. The average molecular weight is 490 g/mol. The summed E-state index contributed by atoms with van der Waals surface area (Å²) in [6, 6.07) is 9.42. The molecule has 5 rings (SSSR count). The Kier molecular flexibility index (Phi) is 5.43. The lowest BCUT2D eigenvalue weighted by molar-refractivity contribution is -0.385. The van der Waals surface area contributed by atoms with Crippen LogP contribution in [0.4, 0.5) is 11.4 Å². The molecule has 1 saturated carbocycles. The summed E-state index contributed by atoms with van der Waals surface area (Å²) in [6.07, 6.45) is 4.44. The molecule has 3 amide bonds. The summed E-state index contributed by atoms with van der Waals surface area (Å²) in [5, 5.41) is 23.6. The van der Waals surface area contributed by atoms with E-state index in [0.29, 0.717) is 11.4 Å². The number of rotatable bonds is 7. The summed E-state index contributed by atoms with van der Waals surface area (Å²) in [4.78, 5) is 74.1. The number of allylic oxidation sites excluding steroid dienone is 2. The molecule has 0 aromatic heterocycles. The lowest BCUT2D eigenvalue weighted by atomic mass is 9.85. The van der Waals surface area contributed by atoms with Crippen molar-refractivity contribution in [3.05, 3.63) is 92.0 Å². The normalized spacial score (nSPS) is 23.6. The minimum absolute atomic E-state index is 0.0771. The summed E-state index contributed by atoms with van der Waals surface area (Å²) < 4.78 is 0. The van der Waals surface area contributed by atoms with Crippen LogP contribution in [0.5, 0.6) is 0 Å². The molecule has 12 heteroatoms. The van der Waals surface area contributed by atoms with Crippen molar-refractivity contribution >= 4 is 34.9 Å². The minimum atomic E-state index is -0.884. The van der Waals surface area contributed by atoms with Gasteiger partial charge in [-0.05, 0) is 30.4 Å². The Morgan fingerprint density at radius 3 is 2.00 bits per heavy atom. The van der Waals surface area contributed by atoms with Crippen LogP contribution in [-0.4, -0.2) is 49.9 Å². The first-order valence-corrected chi connectivity index (χ1v) is 11.1. The predicted octanol–water partition coefficient (Wildman–Crippen LogP) is 2.55. The van der Waals surface area contributed by atoms with E-state index in [1.807, 2.05) is 12.2 Å². The number of amides is 3. The molecule has 0 radical (unpaired) electrons. The van der Waals surface area contributed by atoms with Gasteiger partial charge in [0.25, 0.3) is 29.1 Å². The highest BCUT2D eigenvalue weighted by Crippen LogP contribution is 2.52. The van der Waals surface area contributed by atoms with Crippen molar-refractivity contribution in [3.8, 4) is 0 Å². The van der Waals surface area contributed by atoms with Crippen molar-refractivity contribution < 1.29 is 29.0 Å². The van der Waals surface area contributed by atoms with E-state index < -0.39 is 51.7 Å². The Balaban J connectivity index is 1.50. The maximum absolute atomic E-state index is 13.5. The summed E-state index contributed by atoms with van der Waals surface area (Å²) >= 11 is 0. The zero-order chi connectivity index (χ0) is 25.7. The number of hydrogen-bond acceptors (Lipinski definition) is 8. The third kappa shape index (κ3) is 3.63. The van der Waals surface area contributed by atoms with Crippen LogP contribution in [-0.2, 0) is 9.59 Å². The van der Waals surface area contributed by atoms with Crippen LogP contribution in [0.1, 0.15) is 27.1 Å². The van der Waals surface area contributed by atoms with Gasteiger partial charge in [0.2, 0.25) is 0 Å². The third-order valence-corrected chi connectivity index (χ3v) is 6.92. The Morgan fingerprint density at radius 1 is 0.861 bits per heavy atom. The maximum Gasteiger partial charge on any atom is 0.273 e. The van der Waals surface area contributed by atoms with Crippen LogP contribution in [0.25, 0.3) is 0 Å². The van der Waals surface area contributed by atoms with E-state index in [-0.39, 0.29) is 34.3 Å². The molecule has 182 valence electrons. The van der Waals surface area contributed by atoms with Gasteiger partial charge in [0.1, 0.15) is 6.54 Å². The number of nitrogens with zero attached hydrogens (tertiary/aromatic N) is 4. The van der Waals surface area contributed by atoms with Crippen LogP contribution in [0.2, 0.25) is 0 Å². The van der Waals surface area contributed by atoms with Crippen LogP contribution in [0.3, 0.4) is 0 Å². The van der Waals surface area contributed by atoms with Gasteiger partial charge in [-0.25, -0.2) is 5.01 Å². The van der Waals surface area contributed by atoms with E-state index in [9.17, 15) is 39.4 Å². The monoisotopic (exact) mass is 490 g/mol. The van der Waals surface area contributed by atoms with Gasteiger partial charge in [-0.2, -0.15) is 5.01 Å². The summed E-state index contributed by atoms with van der Waals surface area (Å²) in [5.74, 6) is -4.33. The standard InChI is InChI=1S/C24H18N4O8/c29-19(14-2-1-3-18(11-14)28(35)36)12-25(22(30)13-6-8-17(9-7-13)27(33)34)26-23(31)20-15-4-5-16(10-15)21(20)24(26)32/h1-9,11,15-16,20-21H,10,12H2/t15-,16-,20-,21-/m0/s1. The minimum Gasteiger partial charge on any atom is -0.292 e. The zero-order valence-corrected chi connectivity index (χ0v) is 18.6. The molecule has 1 saturated heterocycles. The molecule has 2 aliphatic carbocycles. The third-order valence-electron chi connectivity index (χ3n) is 6.92. The van der Waals surface area contributed by atoms with E-state index in [1.165, 1.54) is 30.3 Å². The molecule has 12 nitrogen and oxygen atoms in total. The molecule has 0 spiro atoms. The Hall–Kier alpha value is -4.74. The fourth-order valence-electron chi connectivity index (χ4n) is 5.25. The number of ketones is 1. The molecular formula is C24H18N4O8. The molecule has 0 unspecified atom stereocenters. The molecule has 3 aliphatic rings. The second kappa shape index (κ2) is 8.48. The van der Waals surface area contributed by atoms with E-state index in [1.54, 1.807) is 0 Å². The fraction of sp³-hybridized carbons (Fsp3) is 0.250. The molecule has 1 heterocycles. The number of non-ortho nitro benzene ring substituents is 2. The van der Waals surface area contributed by atoms with Gasteiger partial charge < -0.3 is 0 Å². The predicted molar refractivity (Wildman–Crippen MR) is 121 cm³/mol. The smallest absolute Gasteiger partial charge is 0.273 e. The van der Waals surface area contributed by atoms with Gasteiger partial charge in [0.05, 0.1) is 21.7 Å². The maximum atomic E-state index is 13.5. The number of Topliss-reactive ketones (excluding diaryl/α,β-unsaturated/α-hetero) is 1. The molecule has 36 heavy (non-hydrogen) atoms. The number of nitro groups is 2. The van der Waals surface area contributed by atoms with Crippen molar-refractivity contribution in [2.75, 3.05) is 6.54 Å². The number of hydrogen-bond donors (Lipinski definition) is 0. The summed E-state index contributed by atoms with van der Waals surface area (Å²) in [5.41, 5.74) is -0.756. The van der Waals surface area contributed by atoms with E-state index in [0.717, 1.165) is 23.2 Å². The number of benzene rings is 2. The summed E-state index contributed by atoms with van der Waals surface area (Å²) in [6.45, 7) is -0.739.